The lowest BCUT2D eigenvalue weighted by Gasteiger charge is -2.52. The number of thiophene rings is 1. The third-order valence-electron chi connectivity index (χ3n) is 7.93. The number of hydrogen-bond acceptors (Lipinski definition) is 8. The molecule has 4 fully saturated rings. The van der Waals surface area contributed by atoms with Gasteiger partial charge in [-0.1, -0.05) is 25.3 Å². The largest absolute Gasteiger partial charge is 0.454 e. The lowest BCUT2D eigenvalue weighted by molar-refractivity contribution is -0.939. The fraction of sp³-hybridized carbons (Fsp3) is 0.625. The Hall–Kier alpha value is -2.43. The van der Waals surface area contributed by atoms with Gasteiger partial charge in [0.15, 0.2) is 18.2 Å². The monoisotopic (exact) mass is 486 g/mol. The van der Waals surface area contributed by atoms with E-state index >= 15 is 0 Å². The summed E-state index contributed by atoms with van der Waals surface area (Å²) in [4.78, 5) is 38.7. The smallest absolute Gasteiger partial charge is 0.344 e. The first-order chi connectivity index (χ1) is 16.5. The zero-order valence-corrected chi connectivity index (χ0v) is 20.1. The number of aromatic nitrogens is 3. The lowest BCUT2D eigenvalue weighted by Crippen LogP contribution is -2.66. The highest BCUT2D eigenvalue weighted by Gasteiger charge is 2.53. The van der Waals surface area contributed by atoms with Crippen LogP contribution in [0.2, 0.25) is 0 Å². The van der Waals surface area contributed by atoms with Crippen molar-refractivity contribution in [2.75, 3.05) is 31.5 Å². The fourth-order valence-corrected chi connectivity index (χ4v) is 6.95. The van der Waals surface area contributed by atoms with Gasteiger partial charge >= 0.3 is 5.97 Å². The molecule has 2 aromatic heterocycles. The molecule has 10 heteroatoms. The molecule has 3 aliphatic heterocycles. The van der Waals surface area contributed by atoms with Crippen LogP contribution in [0, 0.1) is 11.8 Å². The maximum Gasteiger partial charge on any atom is 0.344 e. The summed E-state index contributed by atoms with van der Waals surface area (Å²) >= 11 is 1.41. The number of carbonyl (C=O) groups excluding carboxylic acids is 2. The average Bonchev–Trinajstić information content (AvgIpc) is 3.40. The van der Waals surface area contributed by atoms with Crippen LogP contribution < -0.4 is 5.32 Å². The van der Waals surface area contributed by atoms with Crippen LogP contribution in [0.25, 0.3) is 0 Å². The number of ether oxygens (including phenoxy) is 1. The molecule has 2 atom stereocenters. The normalized spacial score (nSPS) is 28.7. The molecular formula is C24H32N5O4S+. The van der Waals surface area contributed by atoms with Gasteiger partial charge in [-0.25, -0.2) is 19.7 Å². The van der Waals surface area contributed by atoms with Crippen LogP contribution in [-0.2, 0) is 19.9 Å². The summed E-state index contributed by atoms with van der Waals surface area (Å²) in [5, 5.41) is 16.4. The van der Waals surface area contributed by atoms with Gasteiger partial charge in [0, 0.05) is 29.6 Å². The average molecular weight is 487 g/mol. The number of quaternary nitrogens is 1. The Kier molecular flexibility index (Phi) is 6.63. The molecule has 34 heavy (non-hydrogen) atoms. The first-order valence-corrected chi connectivity index (χ1v) is 13.1. The van der Waals surface area contributed by atoms with E-state index in [4.69, 9.17) is 4.74 Å². The molecular weight excluding hydrogens is 454 g/mol. The van der Waals surface area contributed by atoms with E-state index in [0.29, 0.717) is 15.9 Å². The van der Waals surface area contributed by atoms with Crippen LogP contribution in [-0.4, -0.2) is 68.7 Å². The van der Waals surface area contributed by atoms with E-state index in [1.165, 1.54) is 24.0 Å². The second-order valence-corrected chi connectivity index (χ2v) is 10.9. The maximum absolute atomic E-state index is 13.6. The first-order valence-electron chi connectivity index (χ1n) is 12.2. The minimum absolute atomic E-state index is 0.122. The highest BCUT2D eigenvalue weighted by Crippen LogP contribution is 2.43. The molecule has 2 N–H and O–H groups in total. The highest BCUT2D eigenvalue weighted by molar-refractivity contribution is 7.10. The van der Waals surface area contributed by atoms with Gasteiger partial charge in [0.25, 0.3) is 5.91 Å². The van der Waals surface area contributed by atoms with Crippen molar-refractivity contribution in [3.63, 3.8) is 0 Å². The van der Waals surface area contributed by atoms with Gasteiger partial charge < -0.3 is 14.3 Å². The number of anilines is 1. The van der Waals surface area contributed by atoms with Gasteiger partial charge in [0.2, 0.25) is 5.95 Å². The molecule has 1 aliphatic carbocycles. The van der Waals surface area contributed by atoms with Crippen molar-refractivity contribution < 1.29 is 23.9 Å². The SMILES string of the molecule is O=C(C[N+]12CCC(CC1)C(OC(=O)[C@@](O)(c1cccs1)C1CCCCC1)C2)Nc1ncncn1. The van der Waals surface area contributed by atoms with Crippen molar-refractivity contribution in [1.29, 1.82) is 0 Å². The Bertz CT molecular complexity index is 990. The summed E-state index contributed by atoms with van der Waals surface area (Å²) in [5.74, 6) is -0.291. The van der Waals surface area contributed by atoms with E-state index in [9.17, 15) is 14.7 Å². The lowest BCUT2D eigenvalue weighted by atomic mass is 9.75. The zero-order valence-electron chi connectivity index (χ0n) is 19.3. The summed E-state index contributed by atoms with van der Waals surface area (Å²) in [7, 11) is 0. The van der Waals surface area contributed by atoms with Gasteiger partial charge in [0.05, 0.1) is 13.1 Å². The summed E-state index contributed by atoms with van der Waals surface area (Å²) in [6.07, 6.45) is 9.04. The fourth-order valence-electron chi connectivity index (χ4n) is 6.06. The highest BCUT2D eigenvalue weighted by atomic mass is 32.1. The van der Waals surface area contributed by atoms with Gasteiger partial charge in [-0.15, -0.1) is 11.3 Å². The molecule has 2 bridgehead atoms. The topological polar surface area (TPSA) is 114 Å². The van der Waals surface area contributed by atoms with Gasteiger partial charge in [0.1, 0.15) is 19.2 Å². The summed E-state index contributed by atoms with van der Waals surface area (Å²) in [6, 6.07) is 3.72. The Balaban J connectivity index is 1.29. The van der Waals surface area contributed by atoms with E-state index in [1.807, 2.05) is 17.5 Å². The number of fused-ring (bicyclic) bond motifs is 3. The molecule has 0 aromatic carbocycles. The minimum Gasteiger partial charge on any atom is -0.454 e. The zero-order chi connectivity index (χ0) is 23.6. The van der Waals surface area contributed by atoms with Crippen LogP contribution in [0.15, 0.2) is 30.2 Å². The van der Waals surface area contributed by atoms with Crippen LogP contribution in [0.4, 0.5) is 5.95 Å². The summed E-state index contributed by atoms with van der Waals surface area (Å²) < 4.78 is 6.71. The van der Waals surface area contributed by atoms with Gasteiger partial charge in [-0.3, -0.25) is 10.1 Å². The van der Waals surface area contributed by atoms with Crippen LogP contribution in [0.1, 0.15) is 49.8 Å². The maximum atomic E-state index is 13.6. The van der Waals surface area contributed by atoms with Crippen molar-refractivity contribution in [2.45, 2.75) is 56.7 Å². The number of rotatable bonds is 7. The number of esters is 1. The molecule has 0 spiro atoms. The molecule has 6 rings (SSSR count). The van der Waals surface area contributed by atoms with E-state index in [-0.39, 0.29) is 36.3 Å². The molecule has 1 saturated carbocycles. The number of amides is 1. The molecule has 3 saturated heterocycles. The predicted molar refractivity (Wildman–Crippen MR) is 126 cm³/mol. The number of aliphatic hydroxyl groups is 1. The molecule has 5 heterocycles. The second-order valence-electron chi connectivity index (χ2n) is 10.00. The van der Waals surface area contributed by atoms with Gasteiger partial charge in [-0.05, 0) is 24.3 Å². The molecule has 1 amide bonds. The Morgan fingerprint density at radius 1 is 1.15 bits per heavy atom. The third-order valence-corrected chi connectivity index (χ3v) is 8.92. The van der Waals surface area contributed by atoms with E-state index in [1.54, 1.807) is 0 Å². The van der Waals surface area contributed by atoms with Crippen LogP contribution in [0.3, 0.4) is 0 Å². The molecule has 9 nitrogen and oxygen atoms in total. The van der Waals surface area contributed by atoms with Crippen LogP contribution >= 0.6 is 11.3 Å². The minimum atomic E-state index is -1.60. The quantitative estimate of drug-likeness (QED) is 0.456. The van der Waals surface area contributed by atoms with Crippen LogP contribution in [0.5, 0.6) is 0 Å². The number of hydrogen-bond donors (Lipinski definition) is 2. The van der Waals surface area contributed by atoms with E-state index in [2.05, 4.69) is 20.3 Å². The van der Waals surface area contributed by atoms with Crippen molar-refractivity contribution in [1.82, 2.24) is 15.0 Å². The van der Waals surface area contributed by atoms with Crippen molar-refractivity contribution >= 4 is 29.2 Å². The Labute approximate surface area is 203 Å². The first kappa shape index (κ1) is 23.3. The van der Waals surface area contributed by atoms with Crippen molar-refractivity contribution in [3.05, 3.63) is 35.0 Å². The van der Waals surface area contributed by atoms with Crippen molar-refractivity contribution in [2.24, 2.45) is 11.8 Å². The third kappa shape index (κ3) is 4.58. The second kappa shape index (κ2) is 9.67. The van der Waals surface area contributed by atoms with E-state index in [0.717, 1.165) is 58.0 Å². The number of carbonyl (C=O) groups is 2. The van der Waals surface area contributed by atoms with E-state index < -0.39 is 11.6 Å². The molecule has 1 unspecified atom stereocenters. The number of piperidine rings is 3. The number of nitrogens with zero attached hydrogens (tertiary/aromatic N) is 4. The molecule has 182 valence electrons. The molecule has 0 radical (unpaired) electrons. The standard InChI is InChI=1S/C24H31N5O4S/c30-21(28-23-26-15-25-16-27-23)14-29-10-8-17(9-11-29)19(13-29)33-22(31)24(32,20-7-4-12-34-20)18-5-2-1-3-6-18/h4,7,12,15-19,32H,1-3,5-6,8-11,13-14H2/p+1/t17?,19?,24-,29?/m0/s1. The Morgan fingerprint density at radius 2 is 1.88 bits per heavy atom. The molecule has 4 aliphatic rings. The summed E-state index contributed by atoms with van der Waals surface area (Å²) in [5.41, 5.74) is -1.60. The van der Waals surface area contributed by atoms with Crippen molar-refractivity contribution in [3.8, 4) is 0 Å². The molecule has 2 aromatic rings. The van der Waals surface area contributed by atoms with Gasteiger partial charge in [-0.2, -0.15) is 0 Å². The Morgan fingerprint density at radius 3 is 2.56 bits per heavy atom. The predicted octanol–water partition coefficient (Wildman–Crippen LogP) is 2.49. The summed E-state index contributed by atoms with van der Waals surface area (Å²) in [6.45, 7) is 2.62. The number of nitrogens with one attached hydrogen (secondary N) is 1.